The highest BCUT2D eigenvalue weighted by Gasteiger charge is 2.28. The number of hydrogen-bond acceptors (Lipinski definition) is 2. The zero-order valence-corrected chi connectivity index (χ0v) is 11.7. The molecule has 102 valence electrons. The molecule has 1 aliphatic rings. The monoisotopic (exact) mass is 286 g/mol. The average Bonchev–Trinajstić information content (AvgIpc) is 2.48. The van der Waals surface area contributed by atoms with E-state index in [9.17, 15) is 4.79 Å². The van der Waals surface area contributed by atoms with Crippen LogP contribution >= 0.6 is 11.6 Å². The quantitative estimate of drug-likeness (QED) is 0.890. The Morgan fingerprint density at radius 2 is 1.95 bits per heavy atom. The van der Waals surface area contributed by atoms with Gasteiger partial charge in [-0.05, 0) is 29.3 Å². The molecule has 1 atom stereocenters. The van der Waals surface area contributed by atoms with E-state index in [1.165, 1.54) is 0 Å². The number of carbonyl (C=O) groups is 1. The van der Waals surface area contributed by atoms with Crippen LogP contribution in [0.4, 0.5) is 5.69 Å². The van der Waals surface area contributed by atoms with Crippen LogP contribution in [0, 0.1) is 0 Å². The average molecular weight is 287 g/mol. The van der Waals surface area contributed by atoms with Crippen molar-refractivity contribution in [2.45, 2.75) is 12.5 Å². The Labute approximate surface area is 123 Å². The van der Waals surface area contributed by atoms with E-state index in [-0.39, 0.29) is 11.8 Å². The van der Waals surface area contributed by atoms with Gasteiger partial charge in [-0.3, -0.25) is 4.79 Å². The molecular weight excluding hydrogens is 272 g/mol. The Kier molecular flexibility index (Phi) is 3.72. The summed E-state index contributed by atoms with van der Waals surface area (Å²) in [6.45, 7) is 1.36. The zero-order valence-electron chi connectivity index (χ0n) is 10.9. The van der Waals surface area contributed by atoms with E-state index in [0.29, 0.717) is 11.6 Å². The minimum atomic E-state index is -0.257. The fourth-order valence-corrected chi connectivity index (χ4v) is 2.88. The summed E-state index contributed by atoms with van der Waals surface area (Å²) in [6.07, 6.45) is 0. The van der Waals surface area contributed by atoms with Crippen LogP contribution in [0.3, 0.4) is 0 Å². The second-order valence-corrected chi connectivity index (χ2v) is 5.26. The number of benzene rings is 2. The van der Waals surface area contributed by atoms with Gasteiger partial charge in [0.2, 0.25) is 5.91 Å². The zero-order chi connectivity index (χ0) is 13.9. The first kappa shape index (κ1) is 13.2. The van der Waals surface area contributed by atoms with Crippen LogP contribution in [0.2, 0.25) is 5.02 Å². The van der Waals surface area contributed by atoms with Crippen LogP contribution in [0.1, 0.15) is 17.0 Å². The Morgan fingerprint density at radius 1 is 1.15 bits per heavy atom. The van der Waals surface area contributed by atoms with E-state index < -0.39 is 0 Å². The summed E-state index contributed by atoms with van der Waals surface area (Å²) in [5, 5.41) is 6.87. The van der Waals surface area contributed by atoms with E-state index in [0.717, 1.165) is 23.4 Å². The molecule has 1 amide bonds. The third kappa shape index (κ3) is 2.55. The molecule has 2 N–H and O–H groups in total. The van der Waals surface area contributed by atoms with Gasteiger partial charge in [0.1, 0.15) is 0 Å². The molecule has 0 spiro atoms. The maximum Gasteiger partial charge on any atom is 0.233 e. The Bertz CT molecular complexity index is 628. The molecule has 3 nitrogen and oxygen atoms in total. The van der Waals surface area contributed by atoms with Crippen molar-refractivity contribution in [3.63, 3.8) is 0 Å². The standard InChI is InChI=1S/C16H15ClN2O/c17-14-8-4-5-11-9-18-10-13(15(11)14)16(20)19-12-6-2-1-3-7-12/h1-8,13,18H,9-10H2,(H,19,20). The molecule has 2 aromatic carbocycles. The minimum absolute atomic E-state index is 0.0299. The molecule has 0 bridgehead atoms. The fourth-order valence-electron chi connectivity index (χ4n) is 2.55. The highest BCUT2D eigenvalue weighted by molar-refractivity contribution is 6.31. The van der Waals surface area contributed by atoms with Crippen LogP contribution in [0.5, 0.6) is 0 Å². The highest BCUT2D eigenvalue weighted by atomic mass is 35.5. The second-order valence-electron chi connectivity index (χ2n) is 4.85. The van der Waals surface area contributed by atoms with Crippen molar-refractivity contribution in [2.24, 2.45) is 0 Å². The van der Waals surface area contributed by atoms with Crippen molar-refractivity contribution >= 4 is 23.2 Å². The second kappa shape index (κ2) is 5.65. The Hall–Kier alpha value is -1.84. The maximum atomic E-state index is 12.5. The van der Waals surface area contributed by atoms with E-state index in [2.05, 4.69) is 10.6 Å². The number of nitrogens with one attached hydrogen (secondary N) is 2. The molecule has 0 fully saturated rings. The summed E-state index contributed by atoms with van der Waals surface area (Å²) in [4.78, 5) is 12.5. The molecule has 20 heavy (non-hydrogen) atoms. The summed E-state index contributed by atoms with van der Waals surface area (Å²) >= 11 is 6.28. The maximum absolute atomic E-state index is 12.5. The lowest BCUT2D eigenvalue weighted by Crippen LogP contribution is -2.35. The molecule has 1 heterocycles. The SMILES string of the molecule is O=C(Nc1ccccc1)C1CNCc2cccc(Cl)c21. The molecule has 3 rings (SSSR count). The Morgan fingerprint density at radius 3 is 2.75 bits per heavy atom. The van der Waals surface area contributed by atoms with Crippen molar-refractivity contribution in [2.75, 3.05) is 11.9 Å². The van der Waals surface area contributed by atoms with Crippen molar-refractivity contribution in [3.8, 4) is 0 Å². The van der Waals surface area contributed by atoms with Gasteiger partial charge in [0, 0.05) is 23.8 Å². The van der Waals surface area contributed by atoms with Crippen molar-refractivity contribution in [1.82, 2.24) is 5.32 Å². The van der Waals surface area contributed by atoms with E-state index in [1.54, 1.807) is 0 Å². The third-order valence-electron chi connectivity index (χ3n) is 3.51. The lowest BCUT2D eigenvalue weighted by Gasteiger charge is -2.26. The number of halogens is 1. The minimum Gasteiger partial charge on any atom is -0.326 e. The van der Waals surface area contributed by atoms with Gasteiger partial charge in [0.05, 0.1) is 5.92 Å². The van der Waals surface area contributed by atoms with Gasteiger partial charge in [0.15, 0.2) is 0 Å². The van der Waals surface area contributed by atoms with Gasteiger partial charge >= 0.3 is 0 Å². The van der Waals surface area contributed by atoms with Crippen molar-refractivity contribution < 1.29 is 4.79 Å². The normalized spacial score (nSPS) is 17.4. The summed E-state index contributed by atoms with van der Waals surface area (Å²) in [7, 11) is 0. The van der Waals surface area contributed by atoms with E-state index in [4.69, 9.17) is 11.6 Å². The number of amides is 1. The van der Waals surface area contributed by atoms with E-state index >= 15 is 0 Å². The number of anilines is 1. The lowest BCUT2D eigenvalue weighted by atomic mass is 9.90. The van der Waals surface area contributed by atoms with Gasteiger partial charge in [-0.15, -0.1) is 0 Å². The van der Waals surface area contributed by atoms with Gasteiger partial charge in [-0.1, -0.05) is 41.9 Å². The van der Waals surface area contributed by atoms with Crippen LogP contribution in [-0.4, -0.2) is 12.5 Å². The molecule has 0 aliphatic carbocycles. The van der Waals surface area contributed by atoms with Crippen LogP contribution in [0.15, 0.2) is 48.5 Å². The molecule has 1 aliphatic heterocycles. The van der Waals surface area contributed by atoms with Crippen LogP contribution in [0.25, 0.3) is 0 Å². The summed E-state index contributed by atoms with van der Waals surface area (Å²) in [6, 6.07) is 15.2. The topological polar surface area (TPSA) is 41.1 Å². The molecule has 0 saturated carbocycles. The molecule has 1 unspecified atom stereocenters. The van der Waals surface area contributed by atoms with Crippen LogP contribution in [-0.2, 0) is 11.3 Å². The number of fused-ring (bicyclic) bond motifs is 1. The molecule has 4 heteroatoms. The molecule has 0 saturated heterocycles. The molecule has 2 aromatic rings. The summed E-state index contributed by atoms with van der Waals surface area (Å²) in [5.41, 5.74) is 2.84. The van der Waals surface area contributed by atoms with Gasteiger partial charge in [0.25, 0.3) is 0 Å². The van der Waals surface area contributed by atoms with Crippen molar-refractivity contribution in [1.29, 1.82) is 0 Å². The lowest BCUT2D eigenvalue weighted by molar-refractivity contribution is -0.117. The number of para-hydroxylation sites is 1. The predicted octanol–water partition coefficient (Wildman–Crippen LogP) is 3.17. The highest BCUT2D eigenvalue weighted by Crippen LogP contribution is 2.31. The Balaban J connectivity index is 1.87. The largest absolute Gasteiger partial charge is 0.326 e. The predicted molar refractivity (Wildman–Crippen MR) is 81.0 cm³/mol. The fraction of sp³-hybridized carbons (Fsp3) is 0.188. The van der Waals surface area contributed by atoms with Gasteiger partial charge in [-0.2, -0.15) is 0 Å². The van der Waals surface area contributed by atoms with Crippen molar-refractivity contribution in [3.05, 3.63) is 64.7 Å². The number of carbonyl (C=O) groups excluding carboxylic acids is 1. The first-order chi connectivity index (χ1) is 9.75. The molecule has 0 radical (unpaired) electrons. The first-order valence-corrected chi connectivity index (χ1v) is 6.97. The molecular formula is C16H15ClN2O. The van der Waals surface area contributed by atoms with Crippen LogP contribution < -0.4 is 10.6 Å². The van der Waals surface area contributed by atoms with Gasteiger partial charge in [-0.25, -0.2) is 0 Å². The third-order valence-corrected chi connectivity index (χ3v) is 3.84. The van der Waals surface area contributed by atoms with Gasteiger partial charge < -0.3 is 10.6 Å². The summed E-state index contributed by atoms with van der Waals surface area (Å²) in [5.74, 6) is -0.287. The van der Waals surface area contributed by atoms with E-state index in [1.807, 2.05) is 48.5 Å². The first-order valence-electron chi connectivity index (χ1n) is 6.59. The smallest absolute Gasteiger partial charge is 0.233 e. The number of rotatable bonds is 2. The molecule has 0 aromatic heterocycles. The summed E-state index contributed by atoms with van der Waals surface area (Å²) < 4.78 is 0. The number of hydrogen-bond donors (Lipinski definition) is 2.